The first kappa shape index (κ1) is 15.5. The SMILES string of the molecule is CC(NC(=O)C1(C)CCCNC1)c1cccs1.Cl. The van der Waals surface area contributed by atoms with Gasteiger partial charge in [0.15, 0.2) is 0 Å². The summed E-state index contributed by atoms with van der Waals surface area (Å²) in [5.74, 6) is 0.172. The standard InChI is InChI=1S/C13H20N2OS.ClH/c1-10(11-5-3-8-17-11)15-12(16)13(2)6-4-7-14-9-13;/h3,5,8,10,14H,4,6-7,9H2,1-2H3,(H,15,16);1H. The zero-order chi connectivity index (χ0) is 12.3. The van der Waals surface area contributed by atoms with Crippen LogP contribution in [0.4, 0.5) is 0 Å². The molecule has 5 heteroatoms. The number of carbonyl (C=O) groups excluding carboxylic acids is 1. The van der Waals surface area contributed by atoms with E-state index in [1.165, 1.54) is 4.88 Å². The summed E-state index contributed by atoms with van der Waals surface area (Å²) in [7, 11) is 0. The monoisotopic (exact) mass is 288 g/mol. The number of halogens is 1. The van der Waals surface area contributed by atoms with Crippen molar-refractivity contribution < 1.29 is 4.79 Å². The summed E-state index contributed by atoms with van der Waals surface area (Å²) < 4.78 is 0. The molecule has 0 radical (unpaired) electrons. The molecule has 102 valence electrons. The van der Waals surface area contributed by atoms with Crippen molar-refractivity contribution in [1.82, 2.24) is 10.6 Å². The van der Waals surface area contributed by atoms with Crippen LogP contribution < -0.4 is 10.6 Å². The quantitative estimate of drug-likeness (QED) is 0.898. The fraction of sp³-hybridized carbons (Fsp3) is 0.615. The van der Waals surface area contributed by atoms with Gasteiger partial charge in [-0.3, -0.25) is 4.79 Å². The van der Waals surface area contributed by atoms with Gasteiger partial charge in [-0.25, -0.2) is 0 Å². The summed E-state index contributed by atoms with van der Waals surface area (Å²) >= 11 is 1.69. The topological polar surface area (TPSA) is 41.1 Å². The predicted molar refractivity (Wildman–Crippen MR) is 78.3 cm³/mol. The van der Waals surface area contributed by atoms with Gasteiger partial charge in [0.25, 0.3) is 0 Å². The molecule has 2 heterocycles. The maximum Gasteiger partial charge on any atom is 0.227 e. The third-order valence-corrected chi connectivity index (χ3v) is 4.52. The molecule has 2 rings (SSSR count). The molecular weight excluding hydrogens is 268 g/mol. The number of nitrogens with one attached hydrogen (secondary N) is 2. The summed E-state index contributed by atoms with van der Waals surface area (Å²) in [6.45, 7) is 5.92. The van der Waals surface area contributed by atoms with Crippen LogP contribution in [0.15, 0.2) is 17.5 Å². The lowest BCUT2D eigenvalue weighted by Crippen LogP contribution is -2.49. The van der Waals surface area contributed by atoms with Gasteiger partial charge in [0.1, 0.15) is 0 Å². The van der Waals surface area contributed by atoms with Crippen molar-refractivity contribution in [2.24, 2.45) is 5.41 Å². The molecule has 0 aliphatic carbocycles. The number of hydrogen-bond donors (Lipinski definition) is 2. The smallest absolute Gasteiger partial charge is 0.227 e. The fourth-order valence-corrected chi connectivity index (χ4v) is 2.96. The molecule has 1 saturated heterocycles. The molecule has 18 heavy (non-hydrogen) atoms. The van der Waals surface area contributed by atoms with Gasteiger partial charge in [-0.15, -0.1) is 23.7 Å². The first-order valence-corrected chi connectivity index (χ1v) is 7.05. The Labute approximate surface area is 119 Å². The minimum absolute atomic E-state index is 0. The minimum atomic E-state index is -0.246. The number of piperidine rings is 1. The lowest BCUT2D eigenvalue weighted by Gasteiger charge is -2.33. The Kier molecular flexibility index (Phi) is 5.63. The highest BCUT2D eigenvalue weighted by Crippen LogP contribution is 2.27. The molecule has 1 amide bonds. The minimum Gasteiger partial charge on any atom is -0.348 e. The summed E-state index contributed by atoms with van der Waals surface area (Å²) in [5.41, 5.74) is -0.246. The third-order valence-electron chi connectivity index (χ3n) is 3.46. The van der Waals surface area contributed by atoms with Gasteiger partial charge >= 0.3 is 0 Å². The Morgan fingerprint density at radius 2 is 2.39 bits per heavy atom. The van der Waals surface area contributed by atoms with E-state index < -0.39 is 0 Å². The average molecular weight is 289 g/mol. The van der Waals surface area contributed by atoms with Crippen LogP contribution in [-0.2, 0) is 4.79 Å². The molecule has 2 atom stereocenters. The first-order valence-electron chi connectivity index (χ1n) is 6.17. The molecule has 1 fully saturated rings. The van der Waals surface area contributed by atoms with Crippen LogP contribution >= 0.6 is 23.7 Å². The van der Waals surface area contributed by atoms with Crippen molar-refractivity contribution in [2.75, 3.05) is 13.1 Å². The van der Waals surface area contributed by atoms with Crippen molar-refractivity contribution in [3.8, 4) is 0 Å². The van der Waals surface area contributed by atoms with Crippen molar-refractivity contribution in [3.05, 3.63) is 22.4 Å². The van der Waals surface area contributed by atoms with E-state index in [4.69, 9.17) is 0 Å². The molecule has 0 bridgehead atoms. The van der Waals surface area contributed by atoms with E-state index in [0.717, 1.165) is 25.9 Å². The molecule has 2 N–H and O–H groups in total. The Morgan fingerprint density at radius 3 is 2.94 bits per heavy atom. The number of carbonyl (C=O) groups is 1. The van der Waals surface area contributed by atoms with Crippen LogP contribution in [0, 0.1) is 5.41 Å². The average Bonchev–Trinajstić information content (AvgIpc) is 2.83. The van der Waals surface area contributed by atoms with Gasteiger partial charge in [0.05, 0.1) is 11.5 Å². The van der Waals surface area contributed by atoms with Crippen molar-refractivity contribution in [1.29, 1.82) is 0 Å². The van der Waals surface area contributed by atoms with E-state index >= 15 is 0 Å². The number of thiophene rings is 1. The summed E-state index contributed by atoms with van der Waals surface area (Å²) in [6.07, 6.45) is 2.06. The Hall–Kier alpha value is -0.580. The Balaban J connectivity index is 0.00000162. The third kappa shape index (κ3) is 3.46. The zero-order valence-corrected chi connectivity index (χ0v) is 12.5. The molecule has 0 saturated carbocycles. The van der Waals surface area contributed by atoms with Crippen molar-refractivity contribution in [3.63, 3.8) is 0 Å². The van der Waals surface area contributed by atoms with Gasteiger partial charge in [0, 0.05) is 11.4 Å². The molecule has 3 nitrogen and oxygen atoms in total. The maximum atomic E-state index is 12.3. The lowest BCUT2D eigenvalue weighted by atomic mass is 9.81. The van der Waals surface area contributed by atoms with Crippen LogP contribution in [0.2, 0.25) is 0 Å². The second-order valence-electron chi connectivity index (χ2n) is 5.05. The molecule has 0 aromatic carbocycles. The number of amides is 1. The van der Waals surface area contributed by atoms with Crippen LogP contribution in [0.5, 0.6) is 0 Å². The molecule has 0 spiro atoms. The van der Waals surface area contributed by atoms with Gasteiger partial charge in [0.2, 0.25) is 5.91 Å². The highest BCUT2D eigenvalue weighted by atomic mass is 35.5. The van der Waals surface area contributed by atoms with Gasteiger partial charge < -0.3 is 10.6 Å². The van der Waals surface area contributed by atoms with E-state index in [0.29, 0.717) is 0 Å². The molecule has 2 unspecified atom stereocenters. The lowest BCUT2D eigenvalue weighted by molar-refractivity contribution is -0.131. The van der Waals surface area contributed by atoms with E-state index in [1.807, 2.05) is 18.4 Å². The highest BCUT2D eigenvalue weighted by molar-refractivity contribution is 7.10. The van der Waals surface area contributed by atoms with Crippen LogP contribution in [0.1, 0.15) is 37.6 Å². The molecular formula is C13H21ClN2OS. The van der Waals surface area contributed by atoms with Crippen LogP contribution in [0.25, 0.3) is 0 Å². The molecule has 1 aliphatic heterocycles. The van der Waals surface area contributed by atoms with Gasteiger partial charge in [-0.05, 0) is 44.7 Å². The normalized spacial score (nSPS) is 25.0. The second kappa shape index (κ2) is 6.55. The van der Waals surface area contributed by atoms with E-state index in [2.05, 4.69) is 23.6 Å². The number of rotatable bonds is 3. The summed E-state index contributed by atoms with van der Waals surface area (Å²) in [4.78, 5) is 13.5. The van der Waals surface area contributed by atoms with E-state index in [-0.39, 0.29) is 29.8 Å². The van der Waals surface area contributed by atoms with Crippen molar-refractivity contribution >= 4 is 29.7 Å². The first-order chi connectivity index (χ1) is 8.12. The van der Waals surface area contributed by atoms with E-state index in [1.54, 1.807) is 11.3 Å². The summed E-state index contributed by atoms with van der Waals surface area (Å²) in [5, 5.41) is 8.47. The fourth-order valence-electron chi connectivity index (χ4n) is 2.23. The predicted octanol–water partition coefficient (Wildman–Crippen LogP) is 2.74. The van der Waals surface area contributed by atoms with Gasteiger partial charge in [-0.2, -0.15) is 0 Å². The van der Waals surface area contributed by atoms with E-state index in [9.17, 15) is 4.79 Å². The van der Waals surface area contributed by atoms with Crippen LogP contribution in [-0.4, -0.2) is 19.0 Å². The molecule has 1 aliphatic rings. The van der Waals surface area contributed by atoms with Crippen LogP contribution in [0.3, 0.4) is 0 Å². The highest BCUT2D eigenvalue weighted by Gasteiger charge is 2.35. The summed E-state index contributed by atoms with van der Waals surface area (Å²) in [6, 6.07) is 4.20. The second-order valence-corrected chi connectivity index (χ2v) is 6.03. The zero-order valence-electron chi connectivity index (χ0n) is 10.9. The molecule has 1 aromatic rings. The maximum absolute atomic E-state index is 12.3. The largest absolute Gasteiger partial charge is 0.348 e. The molecule has 1 aromatic heterocycles. The number of hydrogen-bond acceptors (Lipinski definition) is 3. The van der Waals surface area contributed by atoms with Crippen molar-refractivity contribution in [2.45, 2.75) is 32.7 Å². The van der Waals surface area contributed by atoms with Gasteiger partial charge in [-0.1, -0.05) is 6.07 Å². The Bertz CT molecular complexity index is 374. The Morgan fingerprint density at radius 1 is 1.61 bits per heavy atom.